The first-order valence-electron chi connectivity index (χ1n) is 8.65. The normalized spacial score (nSPS) is 10.5. The highest BCUT2D eigenvalue weighted by Gasteiger charge is 2.16. The molecule has 9 heteroatoms. The van der Waals surface area contributed by atoms with E-state index in [2.05, 4.69) is 10.4 Å². The molecule has 0 spiro atoms. The molecule has 0 radical (unpaired) electrons. The molecule has 1 N–H and O–H groups in total. The smallest absolute Gasteiger partial charge is 0.279 e. The Morgan fingerprint density at radius 3 is 2.31 bits per heavy atom. The lowest BCUT2D eigenvalue weighted by molar-refractivity contribution is -0.117. The standard InChI is InChI=1S/C20H21N3O6/c1-26-14-8-6-13(9-16(14)28-3)22-17(24)11-23-20(25)18-12(10-21-23)5-7-15(27-2)19(18)29-4/h5-10H,11H2,1-4H3,(H,22,24). The molecule has 0 unspecified atom stereocenters. The number of carbonyl (C=O) groups excluding carboxylic acids is 1. The summed E-state index contributed by atoms with van der Waals surface area (Å²) in [4.78, 5) is 25.4. The van der Waals surface area contributed by atoms with Crippen LogP contribution >= 0.6 is 0 Å². The lowest BCUT2D eigenvalue weighted by Crippen LogP contribution is -2.29. The third kappa shape index (κ3) is 3.93. The number of hydrogen-bond acceptors (Lipinski definition) is 7. The minimum absolute atomic E-state index is 0.274. The van der Waals surface area contributed by atoms with E-state index in [1.54, 1.807) is 30.3 Å². The average Bonchev–Trinajstić information content (AvgIpc) is 2.74. The fraction of sp³-hybridized carbons (Fsp3) is 0.250. The number of ether oxygens (including phenoxy) is 4. The molecule has 0 fully saturated rings. The van der Waals surface area contributed by atoms with Gasteiger partial charge in [-0.05, 0) is 24.3 Å². The van der Waals surface area contributed by atoms with Gasteiger partial charge in [0.2, 0.25) is 5.91 Å². The Morgan fingerprint density at radius 2 is 1.66 bits per heavy atom. The van der Waals surface area contributed by atoms with Crippen LogP contribution in [0.25, 0.3) is 10.8 Å². The lowest BCUT2D eigenvalue weighted by Gasteiger charge is -2.12. The highest BCUT2D eigenvalue weighted by atomic mass is 16.5. The maximum absolute atomic E-state index is 12.9. The van der Waals surface area contributed by atoms with Crippen molar-refractivity contribution in [1.82, 2.24) is 9.78 Å². The summed E-state index contributed by atoms with van der Waals surface area (Å²) in [5.74, 6) is 1.31. The summed E-state index contributed by atoms with van der Waals surface area (Å²) in [5.41, 5.74) is 0.0430. The predicted octanol–water partition coefficient (Wildman–Crippen LogP) is 2.07. The highest BCUT2D eigenvalue weighted by molar-refractivity contribution is 5.92. The largest absolute Gasteiger partial charge is 0.493 e. The zero-order chi connectivity index (χ0) is 21.0. The minimum atomic E-state index is -0.458. The van der Waals surface area contributed by atoms with E-state index in [9.17, 15) is 9.59 Å². The zero-order valence-corrected chi connectivity index (χ0v) is 16.5. The molecular formula is C20H21N3O6. The monoisotopic (exact) mass is 399 g/mol. The van der Waals surface area contributed by atoms with E-state index in [1.807, 2.05) is 0 Å². The number of methoxy groups -OCH3 is 4. The van der Waals surface area contributed by atoms with Gasteiger partial charge < -0.3 is 24.3 Å². The fourth-order valence-electron chi connectivity index (χ4n) is 2.95. The molecule has 0 aliphatic heterocycles. The van der Waals surface area contributed by atoms with Crippen molar-refractivity contribution in [2.75, 3.05) is 33.8 Å². The molecule has 3 aromatic rings. The molecule has 1 amide bonds. The number of fused-ring (bicyclic) bond motifs is 1. The molecule has 1 aromatic heterocycles. The summed E-state index contributed by atoms with van der Waals surface area (Å²) in [7, 11) is 5.96. The minimum Gasteiger partial charge on any atom is -0.493 e. The van der Waals surface area contributed by atoms with Gasteiger partial charge in [0.15, 0.2) is 23.0 Å². The number of anilines is 1. The molecule has 0 saturated carbocycles. The van der Waals surface area contributed by atoms with Crippen LogP contribution in [0.2, 0.25) is 0 Å². The number of nitrogens with one attached hydrogen (secondary N) is 1. The van der Waals surface area contributed by atoms with E-state index in [1.165, 1.54) is 34.6 Å². The van der Waals surface area contributed by atoms with Crippen LogP contribution in [0.5, 0.6) is 23.0 Å². The van der Waals surface area contributed by atoms with Crippen LogP contribution in [-0.2, 0) is 11.3 Å². The number of amides is 1. The van der Waals surface area contributed by atoms with E-state index >= 15 is 0 Å². The Morgan fingerprint density at radius 1 is 0.966 bits per heavy atom. The van der Waals surface area contributed by atoms with Gasteiger partial charge in [-0.3, -0.25) is 9.59 Å². The van der Waals surface area contributed by atoms with Gasteiger partial charge in [-0.2, -0.15) is 5.10 Å². The molecule has 2 aromatic carbocycles. The first kappa shape index (κ1) is 20.0. The van der Waals surface area contributed by atoms with E-state index < -0.39 is 11.5 Å². The lowest BCUT2D eigenvalue weighted by atomic mass is 10.1. The fourth-order valence-corrected chi connectivity index (χ4v) is 2.95. The first-order valence-corrected chi connectivity index (χ1v) is 8.65. The number of benzene rings is 2. The van der Waals surface area contributed by atoms with Gasteiger partial charge in [-0.15, -0.1) is 0 Å². The molecule has 152 valence electrons. The SMILES string of the molecule is COc1ccc(NC(=O)Cn2ncc3ccc(OC)c(OC)c3c2=O)cc1OC. The van der Waals surface area contributed by atoms with Gasteiger partial charge in [0.05, 0.1) is 40.0 Å². The summed E-state index contributed by atoms with van der Waals surface area (Å²) in [5, 5.41) is 7.67. The number of aromatic nitrogens is 2. The number of hydrogen-bond donors (Lipinski definition) is 1. The topological polar surface area (TPSA) is 101 Å². The van der Waals surface area contributed by atoms with Crippen LogP contribution in [0.1, 0.15) is 0 Å². The third-order valence-electron chi connectivity index (χ3n) is 4.32. The Labute approximate surface area is 166 Å². The summed E-state index contributed by atoms with van der Waals surface area (Å²) in [6.45, 7) is -0.274. The van der Waals surface area contributed by atoms with Crippen molar-refractivity contribution in [3.05, 3.63) is 46.9 Å². The van der Waals surface area contributed by atoms with E-state index in [0.29, 0.717) is 39.5 Å². The van der Waals surface area contributed by atoms with Crippen molar-refractivity contribution in [3.63, 3.8) is 0 Å². The molecule has 1 heterocycles. The highest BCUT2D eigenvalue weighted by Crippen LogP contribution is 2.33. The van der Waals surface area contributed by atoms with Crippen molar-refractivity contribution in [2.24, 2.45) is 0 Å². The number of carbonyl (C=O) groups is 1. The molecule has 0 aliphatic carbocycles. The number of nitrogens with zero attached hydrogens (tertiary/aromatic N) is 2. The molecule has 0 aliphatic rings. The summed E-state index contributed by atoms with van der Waals surface area (Å²) >= 11 is 0. The number of rotatable bonds is 7. The van der Waals surface area contributed by atoms with Crippen molar-refractivity contribution in [3.8, 4) is 23.0 Å². The molecule has 9 nitrogen and oxygen atoms in total. The van der Waals surface area contributed by atoms with Crippen LogP contribution in [0.15, 0.2) is 41.3 Å². The Hall–Kier alpha value is -3.75. The summed E-state index contributed by atoms with van der Waals surface area (Å²) < 4.78 is 22.1. The Balaban J connectivity index is 1.89. The molecule has 29 heavy (non-hydrogen) atoms. The van der Waals surface area contributed by atoms with Gasteiger partial charge in [0.25, 0.3) is 5.56 Å². The van der Waals surface area contributed by atoms with Crippen LogP contribution < -0.4 is 29.8 Å². The molecule has 3 rings (SSSR count). The maximum Gasteiger partial charge on any atom is 0.279 e. The first-order chi connectivity index (χ1) is 14.0. The zero-order valence-electron chi connectivity index (χ0n) is 16.5. The van der Waals surface area contributed by atoms with Gasteiger partial charge in [0.1, 0.15) is 6.54 Å². The van der Waals surface area contributed by atoms with Gasteiger partial charge >= 0.3 is 0 Å². The quantitative estimate of drug-likeness (QED) is 0.649. The Kier molecular flexibility index (Phi) is 5.87. The van der Waals surface area contributed by atoms with Crippen LogP contribution in [0.4, 0.5) is 5.69 Å². The van der Waals surface area contributed by atoms with Gasteiger partial charge in [-0.1, -0.05) is 0 Å². The van der Waals surface area contributed by atoms with Crippen LogP contribution in [0.3, 0.4) is 0 Å². The van der Waals surface area contributed by atoms with Gasteiger partial charge in [0, 0.05) is 17.1 Å². The third-order valence-corrected chi connectivity index (χ3v) is 4.32. The van der Waals surface area contributed by atoms with E-state index in [4.69, 9.17) is 18.9 Å². The predicted molar refractivity (Wildman–Crippen MR) is 107 cm³/mol. The second-order valence-electron chi connectivity index (χ2n) is 5.99. The second kappa shape index (κ2) is 8.51. The second-order valence-corrected chi connectivity index (χ2v) is 5.99. The molecule has 0 saturated heterocycles. The van der Waals surface area contributed by atoms with E-state index in [-0.39, 0.29) is 6.54 Å². The van der Waals surface area contributed by atoms with Crippen molar-refractivity contribution in [1.29, 1.82) is 0 Å². The van der Waals surface area contributed by atoms with Crippen molar-refractivity contribution in [2.45, 2.75) is 6.54 Å². The summed E-state index contributed by atoms with van der Waals surface area (Å²) in [6, 6.07) is 8.37. The average molecular weight is 399 g/mol. The van der Waals surface area contributed by atoms with Gasteiger partial charge in [-0.25, -0.2) is 4.68 Å². The molecular weight excluding hydrogens is 378 g/mol. The molecule has 0 atom stereocenters. The Bertz CT molecular complexity index is 1110. The van der Waals surface area contributed by atoms with E-state index in [0.717, 1.165) is 4.68 Å². The summed E-state index contributed by atoms with van der Waals surface area (Å²) in [6.07, 6.45) is 1.50. The van der Waals surface area contributed by atoms with Crippen molar-refractivity contribution < 1.29 is 23.7 Å². The van der Waals surface area contributed by atoms with Crippen LogP contribution in [-0.4, -0.2) is 44.1 Å². The molecule has 0 bridgehead atoms. The van der Waals surface area contributed by atoms with Crippen LogP contribution in [0, 0.1) is 0 Å². The van der Waals surface area contributed by atoms with Crippen molar-refractivity contribution >= 4 is 22.4 Å². The maximum atomic E-state index is 12.9.